The van der Waals surface area contributed by atoms with Crippen molar-refractivity contribution in [2.75, 3.05) is 11.9 Å². The lowest BCUT2D eigenvalue weighted by Crippen LogP contribution is -2.33. The number of anilines is 1. The van der Waals surface area contributed by atoms with E-state index in [0.29, 0.717) is 25.3 Å². The molecule has 1 aromatic heterocycles. The Hall–Kier alpha value is -2.96. The minimum atomic E-state index is -0.648. The minimum absolute atomic E-state index is 0.0156. The number of hydrogen-bond donors (Lipinski definition) is 2. The third-order valence-electron chi connectivity index (χ3n) is 4.00. The zero-order chi connectivity index (χ0) is 17.1. The molecule has 1 fully saturated rings. The molecule has 1 aromatic carbocycles. The summed E-state index contributed by atoms with van der Waals surface area (Å²) in [6.07, 6.45) is 3.45. The molecule has 124 valence electrons. The van der Waals surface area contributed by atoms with E-state index in [1.54, 1.807) is 0 Å². The topological polar surface area (TPSA) is 101 Å². The maximum Gasteiger partial charge on any atom is 0.268 e. The predicted molar refractivity (Wildman–Crippen MR) is 89.2 cm³/mol. The molecule has 1 saturated heterocycles. The number of carbonyl (C=O) groups is 2. The SMILES string of the molecule is Cc1ccc(CN2CCC(Nc3cncc(C(N)=O)n3)C2=O)cc1. The van der Waals surface area contributed by atoms with E-state index in [-0.39, 0.29) is 17.6 Å². The highest BCUT2D eigenvalue weighted by molar-refractivity contribution is 5.91. The zero-order valence-electron chi connectivity index (χ0n) is 13.4. The molecule has 1 aliphatic heterocycles. The summed E-state index contributed by atoms with van der Waals surface area (Å²) in [6.45, 7) is 3.30. The van der Waals surface area contributed by atoms with Gasteiger partial charge in [-0.25, -0.2) is 4.98 Å². The lowest BCUT2D eigenvalue weighted by atomic mass is 10.1. The Labute approximate surface area is 139 Å². The largest absolute Gasteiger partial charge is 0.364 e. The van der Waals surface area contributed by atoms with Gasteiger partial charge in [0.1, 0.15) is 17.6 Å². The maximum atomic E-state index is 12.5. The van der Waals surface area contributed by atoms with Crippen LogP contribution < -0.4 is 11.1 Å². The summed E-state index contributed by atoms with van der Waals surface area (Å²) < 4.78 is 0. The van der Waals surface area contributed by atoms with E-state index < -0.39 is 5.91 Å². The van der Waals surface area contributed by atoms with Crippen LogP contribution in [-0.2, 0) is 11.3 Å². The number of likely N-dealkylation sites (tertiary alicyclic amines) is 1. The summed E-state index contributed by atoms with van der Waals surface area (Å²) in [4.78, 5) is 33.5. The minimum Gasteiger partial charge on any atom is -0.364 e. The predicted octanol–water partition coefficient (Wildman–Crippen LogP) is 1.10. The number of rotatable bonds is 5. The van der Waals surface area contributed by atoms with Crippen LogP contribution in [0.25, 0.3) is 0 Å². The molecule has 0 spiro atoms. The summed E-state index contributed by atoms with van der Waals surface area (Å²) in [7, 11) is 0. The highest BCUT2D eigenvalue weighted by Gasteiger charge is 2.31. The van der Waals surface area contributed by atoms with Gasteiger partial charge in [-0.2, -0.15) is 0 Å². The number of nitrogens with one attached hydrogen (secondary N) is 1. The molecule has 1 aliphatic rings. The Kier molecular flexibility index (Phi) is 4.41. The second-order valence-corrected chi connectivity index (χ2v) is 5.88. The van der Waals surface area contributed by atoms with Gasteiger partial charge in [-0.05, 0) is 18.9 Å². The van der Waals surface area contributed by atoms with E-state index in [4.69, 9.17) is 5.73 Å². The van der Waals surface area contributed by atoms with E-state index in [1.807, 2.05) is 36.1 Å². The van der Waals surface area contributed by atoms with Crippen LogP contribution in [0.5, 0.6) is 0 Å². The van der Waals surface area contributed by atoms with Gasteiger partial charge in [-0.3, -0.25) is 14.6 Å². The van der Waals surface area contributed by atoms with Gasteiger partial charge in [0.25, 0.3) is 5.91 Å². The standard InChI is InChI=1S/C17H19N5O2/c1-11-2-4-12(5-3-11)10-22-7-6-13(17(22)24)20-15-9-19-8-14(21-15)16(18)23/h2-5,8-9,13H,6-7,10H2,1H3,(H2,18,23)(H,20,21). The molecule has 1 unspecified atom stereocenters. The summed E-state index contributed by atoms with van der Waals surface area (Å²) in [5.41, 5.74) is 7.56. The quantitative estimate of drug-likeness (QED) is 0.857. The molecule has 24 heavy (non-hydrogen) atoms. The summed E-state index contributed by atoms with van der Waals surface area (Å²) in [5, 5.41) is 3.04. The lowest BCUT2D eigenvalue weighted by Gasteiger charge is -2.17. The van der Waals surface area contributed by atoms with Crippen LogP contribution in [0.3, 0.4) is 0 Å². The van der Waals surface area contributed by atoms with E-state index in [2.05, 4.69) is 15.3 Å². The number of aryl methyl sites for hydroxylation is 1. The van der Waals surface area contributed by atoms with Crippen molar-refractivity contribution in [2.45, 2.75) is 25.9 Å². The fraction of sp³-hybridized carbons (Fsp3) is 0.294. The summed E-state index contributed by atoms with van der Waals surface area (Å²) >= 11 is 0. The second-order valence-electron chi connectivity index (χ2n) is 5.88. The molecule has 0 radical (unpaired) electrons. The smallest absolute Gasteiger partial charge is 0.268 e. The maximum absolute atomic E-state index is 12.5. The number of benzene rings is 1. The van der Waals surface area contributed by atoms with Crippen molar-refractivity contribution in [3.05, 3.63) is 53.5 Å². The lowest BCUT2D eigenvalue weighted by molar-refractivity contribution is -0.128. The molecule has 2 aromatic rings. The van der Waals surface area contributed by atoms with E-state index in [1.165, 1.54) is 18.0 Å². The van der Waals surface area contributed by atoms with E-state index in [9.17, 15) is 9.59 Å². The molecule has 0 bridgehead atoms. The third kappa shape index (κ3) is 3.51. The molecule has 7 heteroatoms. The first-order chi connectivity index (χ1) is 11.5. The van der Waals surface area contributed by atoms with Crippen LogP contribution >= 0.6 is 0 Å². The van der Waals surface area contributed by atoms with Crippen molar-refractivity contribution >= 4 is 17.6 Å². The van der Waals surface area contributed by atoms with Crippen molar-refractivity contribution in [3.63, 3.8) is 0 Å². The molecule has 3 N–H and O–H groups in total. The van der Waals surface area contributed by atoms with Gasteiger partial charge >= 0.3 is 0 Å². The average Bonchev–Trinajstić information content (AvgIpc) is 2.90. The first-order valence-corrected chi connectivity index (χ1v) is 7.75. The normalized spacial score (nSPS) is 17.1. The van der Waals surface area contributed by atoms with Gasteiger partial charge in [-0.1, -0.05) is 29.8 Å². The Morgan fingerprint density at radius 3 is 2.79 bits per heavy atom. The fourth-order valence-electron chi connectivity index (χ4n) is 2.68. The third-order valence-corrected chi connectivity index (χ3v) is 4.00. The number of amides is 2. The molecule has 2 amide bonds. The van der Waals surface area contributed by atoms with Crippen LogP contribution in [-0.4, -0.2) is 39.3 Å². The van der Waals surface area contributed by atoms with Crippen LogP contribution in [0.4, 0.5) is 5.82 Å². The van der Waals surface area contributed by atoms with E-state index in [0.717, 1.165) is 5.56 Å². The van der Waals surface area contributed by atoms with Gasteiger partial charge in [0.05, 0.1) is 12.4 Å². The van der Waals surface area contributed by atoms with Gasteiger partial charge in [0, 0.05) is 13.1 Å². The Morgan fingerprint density at radius 1 is 1.33 bits per heavy atom. The number of nitrogens with zero attached hydrogens (tertiary/aromatic N) is 3. The highest BCUT2D eigenvalue weighted by atomic mass is 16.2. The molecule has 3 rings (SSSR count). The van der Waals surface area contributed by atoms with Crippen LogP contribution in [0, 0.1) is 6.92 Å². The molecular formula is C17H19N5O2. The van der Waals surface area contributed by atoms with Crippen molar-refractivity contribution in [2.24, 2.45) is 5.73 Å². The zero-order valence-corrected chi connectivity index (χ0v) is 13.4. The molecular weight excluding hydrogens is 306 g/mol. The summed E-state index contributed by atoms with van der Waals surface area (Å²) in [6, 6.07) is 7.77. The first-order valence-electron chi connectivity index (χ1n) is 7.75. The number of hydrogen-bond acceptors (Lipinski definition) is 5. The first kappa shape index (κ1) is 15.9. The number of primary amides is 1. The van der Waals surface area contributed by atoms with Crippen LogP contribution in [0.1, 0.15) is 28.0 Å². The second kappa shape index (κ2) is 6.66. The number of aromatic nitrogens is 2. The Bertz CT molecular complexity index is 760. The molecule has 1 atom stereocenters. The van der Waals surface area contributed by atoms with Crippen molar-refractivity contribution in [3.8, 4) is 0 Å². The molecule has 0 aliphatic carbocycles. The van der Waals surface area contributed by atoms with Crippen LogP contribution in [0.2, 0.25) is 0 Å². The van der Waals surface area contributed by atoms with Gasteiger partial charge in [0.15, 0.2) is 0 Å². The molecule has 7 nitrogen and oxygen atoms in total. The fourth-order valence-corrected chi connectivity index (χ4v) is 2.68. The van der Waals surface area contributed by atoms with Crippen molar-refractivity contribution < 1.29 is 9.59 Å². The molecule has 0 saturated carbocycles. The molecule has 2 heterocycles. The average molecular weight is 325 g/mol. The Balaban J connectivity index is 1.64. The van der Waals surface area contributed by atoms with Crippen molar-refractivity contribution in [1.29, 1.82) is 0 Å². The van der Waals surface area contributed by atoms with E-state index >= 15 is 0 Å². The summed E-state index contributed by atoms with van der Waals surface area (Å²) in [5.74, 6) is -0.256. The van der Waals surface area contributed by atoms with Gasteiger partial charge < -0.3 is 16.0 Å². The monoisotopic (exact) mass is 325 g/mol. The van der Waals surface area contributed by atoms with Gasteiger partial charge in [0.2, 0.25) is 5.91 Å². The highest BCUT2D eigenvalue weighted by Crippen LogP contribution is 2.18. The van der Waals surface area contributed by atoms with Crippen molar-refractivity contribution in [1.82, 2.24) is 14.9 Å². The Morgan fingerprint density at radius 2 is 2.08 bits per heavy atom. The van der Waals surface area contributed by atoms with Gasteiger partial charge in [-0.15, -0.1) is 0 Å². The number of carbonyl (C=O) groups excluding carboxylic acids is 2. The number of nitrogens with two attached hydrogens (primary N) is 1. The van der Waals surface area contributed by atoms with Crippen LogP contribution in [0.15, 0.2) is 36.7 Å².